The molecule has 0 heterocycles. The Morgan fingerprint density at radius 1 is 1.58 bits per heavy atom. The van der Waals surface area contributed by atoms with Crippen molar-refractivity contribution >= 4 is 5.70 Å². The van der Waals surface area contributed by atoms with E-state index in [4.69, 9.17) is 11.0 Å². The topological polar surface area (TPSA) is 49.8 Å². The summed E-state index contributed by atoms with van der Waals surface area (Å²) in [6.45, 7) is 1.99. The molecular formula is C10H10N2. The molecule has 0 saturated carbocycles. The van der Waals surface area contributed by atoms with E-state index in [0.29, 0.717) is 5.70 Å². The van der Waals surface area contributed by atoms with Gasteiger partial charge in [-0.25, -0.2) is 0 Å². The van der Waals surface area contributed by atoms with Crippen molar-refractivity contribution in [2.24, 2.45) is 5.73 Å². The Hall–Kier alpha value is -1.75. The third kappa shape index (κ3) is 1.86. The van der Waals surface area contributed by atoms with Crippen molar-refractivity contribution < 1.29 is 0 Å². The highest BCUT2D eigenvalue weighted by molar-refractivity contribution is 5.65. The molecule has 0 amide bonds. The molecule has 0 aromatic heterocycles. The van der Waals surface area contributed by atoms with Crippen molar-refractivity contribution in [3.05, 3.63) is 41.5 Å². The maximum absolute atomic E-state index is 8.36. The molecule has 0 fully saturated rings. The molecule has 1 rings (SSSR count). The summed E-state index contributed by atoms with van der Waals surface area (Å²) >= 11 is 0. The van der Waals surface area contributed by atoms with Crippen LogP contribution in [-0.4, -0.2) is 0 Å². The second-order valence-corrected chi connectivity index (χ2v) is 2.60. The van der Waals surface area contributed by atoms with Crippen LogP contribution >= 0.6 is 0 Å². The lowest BCUT2D eigenvalue weighted by Gasteiger charge is -1.99. The molecule has 60 valence electrons. The van der Waals surface area contributed by atoms with E-state index in [0.717, 1.165) is 11.1 Å². The minimum absolute atomic E-state index is 0.515. The van der Waals surface area contributed by atoms with Crippen molar-refractivity contribution in [2.45, 2.75) is 6.92 Å². The van der Waals surface area contributed by atoms with Gasteiger partial charge in [-0.05, 0) is 18.6 Å². The molecule has 0 spiro atoms. The molecule has 2 heteroatoms. The van der Waals surface area contributed by atoms with Gasteiger partial charge in [0.1, 0.15) is 0 Å². The van der Waals surface area contributed by atoms with Gasteiger partial charge in [0.25, 0.3) is 0 Å². The van der Waals surface area contributed by atoms with E-state index in [1.54, 1.807) is 0 Å². The fourth-order valence-electron chi connectivity index (χ4n) is 0.978. The Labute approximate surface area is 71.9 Å². The van der Waals surface area contributed by atoms with Crippen LogP contribution in [0.4, 0.5) is 0 Å². The molecule has 0 aliphatic carbocycles. The summed E-state index contributed by atoms with van der Waals surface area (Å²) in [6, 6.07) is 9.64. The Balaban J connectivity index is 3.05. The SMILES string of the molecule is Cc1cccc(/C(N)=C\C#N)c1. The summed E-state index contributed by atoms with van der Waals surface area (Å²) < 4.78 is 0. The summed E-state index contributed by atoms with van der Waals surface area (Å²) in [5, 5.41) is 8.36. The lowest BCUT2D eigenvalue weighted by molar-refractivity contribution is 1.42. The predicted molar refractivity (Wildman–Crippen MR) is 49.0 cm³/mol. The highest BCUT2D eigenvalue weighted by Gasteiger charge is 1.94. The molecule has 1 aromatic carbocycles. The van der Waals surface area contributed by atoms with Crippen molar-refractivity contribution in [1.29, 1.82) is 5.26 Å². The van der Waals surface area contributed by atoms with Crippen LogP contribution in [0, 0.1) is 18.3 Å². The highest BCUT2D eigenvalue weighted by atomic mass is 14.6. The zero-order valence-electron chi connectivity index (χ0n) is 6.91. The first kappa shape index (κ1) is 8.35. The number of nitrogens with zero attached hydrogens (tertiary/aromatic N) is 1. The van der Waals surface area contributed by atoms with E-state index in [9.17, 15) is 0 Å². The lowest BCUT2D eigenvalue weighted by atomic mass is 10.1. The van der Waals surface area contributed by atoms with Gasteiger partial charge in [0.15, 0.2) is 0 Å². The van der Waals surface area contributed by atoms with E-state index in [-0.39, 0.29) is 0 Å². The second-order valence-electron chi connectivity index (χ2n) is 2.60. The van der Waals surface area contributed by atoms with Crippen LogP contribution in [0.5, 0.6) is 0 Å². The van der Waals surface area contributed by atoms with Crippen LogP contribution in [0.3, 0.4) is 0 Å². The Bertz CT molecular complexity index is 345. The molecule has 2 N–H and O–H groups in total. The zero-order chi connectivity index (χ0) is 8.97. The smallest absolute Gasteiger partial charge is 0.0933 e. The van der Waals surface area contributed by atoms with Gasteiger partial charge in [-0.15, -0.1) is 0 Å². The molecule has 0 radical (unpaired) electrons. The van der Waals surface area contributed by atoms with Crippen LogP contribution in [-0.2, 0) is 0 Å². The average Bonchev–Trinajstić information content (AvgIpc) is 2.05. The van der Waals surface area contributed by atoms with Gasteiger partial charge in [0, 0.05) is 11.8 Å². The number of allylic oxidation sites excluding steroid dienone is 1. The first-order valence-corrected chi connectivity index (χ1v) is 3.66. The summed E-state index contributed by atoms with van der Waals surface area (Å²) in [5.41, 5.74) is 8.17. The predicted octanol–water partition coefficient (Wildman–Crippen LogP) is 1.82. The van der Waals surface area contributed by atoms with Crippen LogP contribution in [0.15, 0.2) is 30.3 Å². The molecule has 0 unspecified atom stereocenters. The van der Waals surface area contributed by atoms with Crippen LogP contribution < -0.4 is 5.73 Å². The van der Waals surface area contributed by atoms with Gasteiger partial charge >= 0.3 is 0 Å². The van der Waals surface area contributed by atoms with Gasteiger partial charge < -0.3 is 5.73 Å². The minimum atomic E-state index is 0.515. The number of nitriles is 1. The first-order valence-electron chi connectivity index (χ1n) is 3.66. The molecule has 1 aromatic rings. The Morgan fingerprint density at radius 2 is 2.33 bits per heavy atom. The molecular weight excluding hydrogens is 148 g/mol. The maximum Gasteiger partial charge on any atom is 0.0933 e. The Morgan fingerprint density at radius 3 is 2.92 bits per heavy atom. The highest BCUT2D eigenvalue weighted by Crippen LogP contribution is 2.09. The summed E-state index contributed by atoms with van der Waals surface area (Å²) in [4.78, 5) is 0. The van der Waals surface area contributed by atoms with Gasteiger partial charge in [-0.3, -0.25) is 0 Å². The lowest BCUT2D eigenvalue weighted by Crippen LogP contribution is -1.95. The van der Waals surface area contributed by atoms with Crippen molar-refractivity contribution in [3.8, 4) is 6.07 Å². The molecule has 2 nitrogen and oxygen atoms in total. The second kappa shape index (κ2) is 3.59. The van der Waals surface area contributed by atoms with E-state index in [1.807, 2.05) is 37.3 Å². The fourth-order valence-corrected chi connectivity index (χ4v) is 0.978. The van der Waals surface area contributed by atoms with E-state index < -0.39 is 0 Å². The molecule has 0 saturated heterocycles. The molecule has 12 heavy (non-hydrogen) atoms. The maximum atomic E-state index is 8.36. The quantitative estimate of drug-likeness (QED) is 0.634. The van der Waals surface area contributed by atoms with Crippen LogP contribution in [0.25, 0.3) is 5.70 Å². The van der Waals surface area contributed by atoms with Crippen molar-refractivity contribution in [2.75, 3.05) is 0 Å². The van der Waals surface area contributed by atoms with Crippen LogP contribution in [0.2, 0.25) is 0 Å². The van der Waals surface area contributed by atoms with E-state index in [1.165, 1.54) is 6.08 Å². The normalized spacial score (nSPS) is 10.8. The van der Waals surface area contributed by atoms with Gasteiger partial charge in [0.05, 0.1) is 6.07 Å². The number of benzene rings is 1. The average molecular weight is 158 g/mol. The van der Waals surface area contributed by atoms with E-state index in [2.05, 4.69) is 0 Å². The summed E-state index contributed by atoms with van der Waals surface area (Å²) in [7, 11) is 0. The summed E-state index contributed by atoms with van der Waals surface area (Å²) in [5.74, 6) is 0. The monoisotopic (exact) mass is 158 g/mol. The Kier molecular flexibility index (Phi) is 2.49. The largest absolute Gasteiger partial charge is 0.398 e. The third-order valence-electron chi connectivity index (χ3n) is 1.57. The zero-order valence-corrected chi connectivity index (χ0v) is 6.91. The molecule has 0 aliphatic heterocycles. The summed E-state index contributed by atoms with van der Waals surface area (Å²) in [6.07, 6.45) is 1.34. The number of hydrogen-bond donors (Lipinski definition) is 1. The molecule has 0 atom stereocenters. The first-order chi connectivity index (χ1) is 5.74. The molecule has 0 bridgehead atoms. The molecule has 0 aliphatic rings. The third-order valence-corrected chi connectivity index (χ3v) is 1.57. The van der Waals surface area contributed by atoms with Crippen molar-refractivity contribution in [1.82, 2.24) is 0 Å². The fraction of sp³-hybridized carbons (Fsp3) is 0.100. The number of nitrogens with two attached hydrogens (primary N) is 1. The van der Waals surface area contributed by atoms with Gasteiger partial charge in [-0.1, -0.05) is 23.8 Å². The minimum Gasteiger partial charge on any atom is -0.398 e. The number of hydrogen-bond acceptors (Lipinski definition) is 2. The van der Waals surface area contributed by atoms with Gasteiger partial charge in [0.2, 0.25) is 0 Å². The van der Waals surface area contributed by atoms with Crippen molar-refractivity contribution in [3.63, 3.8) is 0 Å². The van der Waals surface area contributed by atoms with Gasteiger partial charge in [-0.2, -0.15) is 5.26 Å². The van der Waals surface area contributed by atoms with Crippen LogP contribution in [0.1, 0.15) is 11.1 Å². The number of rotatable bonds is 1. The number of aryl methyl sites for hydroxylation is 1. The standard InChI is InChI=1S/C10H10N2/c1-8-3-2-4-9(7-8)10(12)5-6-11/h2-5,7H,12H2,1H3/b10-5+. The van der Waals surface area contributed by atoms with E-state index >= 15 is 0 Å².